The molecule has 36 heavy (non-hydrogen) atoms. The number of rotatable bonds is 9. The van der Waals surface area contributed by atoms with Gasteiger partial charge in [0.2, 0.25) is 0 Å². The Morgan fingerprint density at radius 3 is 2.50 bits per heavy atom. The lowest BCUT2D eigenvalue weighted by Gasteiger charge is -2.13. The number of para-hydroxylation sites is 1. The maximum atomic E-state index is 12.8. The molecule has 0 bridgehead atoms. The minimum atomic E-state index is -4.45. The number of fused-ring (bicyclic) bond motifs is 1. The molecule has 1 amide bonds. The molecule has 1 aromatic heterocycles. The van der Waals surface area contributed by atoms with Gasteiger partial charge in [-0.25, -0.2) is 0 Å². The molecule has 4 aromatic rings. The van der Waals surface area contributed by atoms with Crippen molar-refractivity contribution in [2.24, 2.45) is 0 Å². The summed E-state index contributed by atoms with van der Waals surface area (Å²) in [5.41, 5.74) is 3.31. The molecule has 0 saturated carbocycles. The van der Waals surface area contributed by atoms with Gasteiger partial charge in [-0.2, -0.15) is 18.3 Å². The van der Waals surface area contributed by atoms with E-state index in [9.17, 15) is 18.0 Å². The molecule has 10 heteroatoms. The molecule has 0 saturated heterocycles. The van der Waals surface area contributed by atoms with Crippen LogP contribution in [0.2, 0.25) is 0 Å². The van der Waals surface area contributed by atoms with E-state index in [1.807, 2.05) is 18.2 Å². The van der Waals surface area contributed by atoms with Crippen molar-refractivity contribution in [1.82, 2.24) is 15.5 Å². The molecule has 7 nitrogen and oxygen atoms in total. The van der Waals surface area contributed by atoms with E-state index in [-0.39, 0.29) is 18.2 Å². The number of halogens is 3. The Bertz CT molecular complexity index is 1370. The molecule has 0 aliphatic rings. The van der Waals surface area contributed by atoms with E-state index in [0.717, 1.165) is 16.6 Å². The quantitative estimate of drug-likeness (QED) is 0.337. The van der Waals surface area contributed by atoms with Gasteiger partial charge in [-0.1, -0.05) is 24.3 Å². The first-order chi connectivity index (χ1) is 17.3. The Hall–Kier alpha value is -4.21. The molecule has 0 unspecified atom stereocenters. The van der Waals surface area contributed by atoms with E-state index < -0.39 is 12.8 Å². The van der Waals surface area contributed by atoms with Crippen LogP contribution in [0.4, 0.5) is 13.2 Å². The third-order valence-electron chi connectivity index (χ3n) is 5.53. The van der Waals surface area contributed by atoms with Crippen molar-refractivity contribution >= 4 is 16.8 Å². The second-order valence-electron chi connectivity index (χ2n) is 7.99. The van der Waals surface area contributed by atoms with Crippen molar-refractivity contribution in [2.75, 3.05) is 20.8 Å². The molecule has 0 aliphatic carbocycles. The highest BCUT2D eigenvalue weighted by molar-refractivity contribution is 5.98. The number of hydrogen-bond donors (Lipinski definition) is 2. The predicted molar refractivity (Wildman–Crippen MR) is 128 cm³/mol. The zero-order chi connectivity index (χ0) is 25.7. The first-order valence-electron chi connectivity index (χ1n) is 11.0. The molecule has 4 rings (SSSR count). The van der Waals surface area contributed by atoms with Gasteiger partial charge in [0.25, 0.3) is 5.91 Å². The van der Waals surface area contributed by atoms with Crippen molar-refractivity contribution < 1.29 is 32.2 Å². The predicted octanol–water partition coefficient (Wildman–Crippen LogP) is 5.04. The first kappa shape index (κ1) is 24.9. The zero-order valence-corrected chi connectivity index (χ0v) is 19.6. The average molecular weight is 499 g/mol. The number of alkyl halides is 3. The number of nitrogens with one attached hydrogen (secondary N) is 2. The number of aromatic nitrogens is 2. The van der Waals surface area contributed by atoms with Crippen LogP contribution in [0.15, 0.2) is 60.7 Å². The van der Waals surface area contributed by atoms with Crippen LogP contribution in [0.3, 0.4) is 0 Å². The average Bonchev–Trinajstić information content (AvgIpc) is 3.27. The van der Waals surface area contributed by atoms with Crippen molar-refractivity contribution in [1.29, 1.82) is 0 Å². The highest BCUT2D eigenvalue weighted by Crippen LogP contribution is 2.29. The summed E-state index contributed by atoms with van der Waals surface area (Å²) < 4.78 is 53.1. The summed E-state index contributed by atoms with van der Waals surface area (Å²) in [5.74, 6) is 0.928. The SMILES string of the molecule is COc1ccc(Cc2[nH]nc3ccc(C(=O)NCc4ccccc4OCC(F)(F)F)cc23)cc1OC. The maximum absolute atomic E-state index is 12.8. The Kier molecular flexibility index (Phi) is 7.33. The molecule has 0 atom stereocenters. The summed E-state index contributed by atoms with van der Waals surface area (Å²) in [6.45, 7) is -1.40. The summed E-state index contributed by atoms with van der Waals surface area (Å²) >= 11 is 0. The lowest BCUT2D eigenvalue weighted by Crippen LogP contribution is -2.24. The number of carbonyl (C=O) groups is 1. The van der Waals surface area contributed by atoms with Gasteiger partial charge in [-0.05, 0) is 42.0 Å². The van der Waals surface area contributed by atoms with Crippen molar-refractivity contribution in [3.8, 4) is 17.2 Å². The van der Waals surface area contributed by atoms with Crippen molar-refractivity contribution in [3.63, 3.8) is 0 Å². The summed E-state index contributed by atoms with van der Waals surface area (Å²) in [6, 6.07) is 17.0. The van der Waals surface area contributed by atoms with Crippen LogP contribution in [0.1, 0.15) is 27.2 Å². The zero-order valence-electron chi connectivity index (χ0n) is 19.6. The van der Waals surface area contributed by atoms with E-state index in [1.165, 1.54) is 6.07 Å². The second-order valence-corrected chi connectivity index (χ2v) is 7.99. The summed E-state index contributed by atoms with van der Waals surface area (Å²) in [4.78, 5) is 12.8. The fraction of sp³-hybridized carbons (Fsp3) is 0.231. The number of amides is 1. The molecule has 0 spiro atoms. The van der Waals surface area contributed by atoms with E-state index in [2.05, 4.69) is 15.5 Å². The lowest BCUT2D eigenvalue weighted by atomic mass is 10.0. The second kappa shape index (κ2) is 10.6. The van der Waals surface area contributed by atoms with Gasteiger partial charge in [0.05, 0.1) is 19.7 Å². The summed E-state index contributed by atoms with van der Waals surface area (Å²) in [5, 5.41) is 10.9. The number of H-pyrrole nitrogens is 1. The van der Waals surface area contributed by atoms with Crippen molar-refractivity contribution in [2.45, 2.75) is 19.1 Å². The minimum Gasteiger partial charge on any atom is -0.493 e. The normalized spacial score (nSPS) is 11.4. The van der Waals surface area contributed by atoms with E-state index in [0.29, 0.717) is 34.6 Å². The standard InChI is InChI=1S/C26H24F3N3O4/c1-34-23-10-7-16(12-24(23)35-2)11-21-19-13-17(8-9-20(19)31-32-21)25(33)30-14-18-5-3-4-6-22(18)36-15-26(27,28)29/h3-10,12-13H,11,14-15H2,1-2H3,(H,30,33)(H,31,32). The largest absolute Gasteiger partial charge is 0.493 e. The van der Waals surface area contributed by atoms with Gasteiger partial charge in [-0.15, -0.1) is 0 Å². The van der Waals surface area contributed by atoms with E-state index in [4.69, 9.17) is 14.2 Å². The van der Waals surface area contributed by atoms with Crippen LogP contribution in [0.25, 0.3) is 10.9 Å². The molecule has 0 fully saturated rings. The molecule has 3 aromatic carbocycles. The fourth-order valence-corrected chi connectivity index (χ4v) is 3.76. The van der Waals surface area contributed by atoms with Crippen LogP contribution < -0.4 is 19.5 Å². The van der Waals surface area contributed by atoms with Gasteiger partial charge >= 0.3 is 6.18 Å². The Morgan fingerprint density at radius 1 is 0.972 bits per heavy atom. The van der Waals surface area contributed by atoms with Crippen LogP contribution in [-0.4, -0.2) is 43.1 Å². The topological polar surface area (TPSA) is 85.5 Å². The lowest BCUT2D eigenvalue weighted by molar-refractivity contribution is -0.153. The Labute approximate surface area is 205 Å². The third-order valence-corrected chi connectivity index (χ3v) is 5.53. The molecule has 0 aliphatic heterocycles. The fourth-order valence-electron chi connectivity index (χ4n) is 3.76. The van der Waals surface area contributed by atoms with Gasteiger partial charge < -0.3 is 19.5 Å². The molecule has 2 N–H and O–H groups in total. The van der Waals surface area contributed by atoms with Gasteiger partial charge in [0, 0.05) is 35.2 Å². The highest BCUT2D eigenvalue weighted by Gasteiger charge is 2.28. The maximum Gasteiger partial charge on any atom is 0.422 e. The number of methoxy groups -OCH3 is 2. The molecular weight excluding hydrogens is 475 g/mol. The van der Waals surface area contributed by atoms with E-state index in [1.54, 1.807) is 50.6 Å². The highest BCUT2D eigenvalue weighted by atomic mass is 19.4. The van der Waals surface area contributed by atoms with Gasteiger partial charge in [0.15, 0.2) is 18.1 Å². The Balaban J connectivity index is 1.49. The van der Waals surface area contributed by atoms with Crippen LogP contribution >= 0.6 is 0 Å². The molecule has 188 valence electrons. The molecule has 1 heterocycles. The summed E-state index contributed by atoms with van der Waals surface area (Å²) in [7, 11) is 3.14. The van der Waals surface area contributed by atoms with Crippen LogP contribution in [0.5, 0.6) is 17.2 Å². The minimum absolute atomic E-state index is 0.00872. The van der Waals surface area contributed by atoms with Gasteiger partial charge in [-0.3, -0.25) is 9.89 Å². The molecular formula is C26H24F3N3O4. The van der Waals surface area contributed by atoms with Gasteiger partial charge in [0.1, 0.15) is 5.75 Å². The number of hydrogen-bond acceptors (Lipinski definition) is 5. The van der Waals surface area contributed by atoms with Crippen LogP contribution in [0, 0.1) is 0 Å². The first-order valence-corrected chi connectivity index (χ1v) is 11.0. The monoisotopic (exact) mass is 499 g/mol. The number of ether oxygens (including phenoxy) is 3. The van der Waals surface area contributed by atoms with E-state index >= 15 is 0 Å². The molecule has 0 radical (unpaired) electrons. The van der Waals surface area contributed by atoms with Crippen molar-refractivity contribution in [3.05, 3.63) is 83.0 Å². The summed E-state index contributed by atoms with van der Waals surface area (Å²) in [6.07, 6.45) is -3.93. The smallest absolute Gasteiger partial charge is 0.422 e. The number of nitrogens with zero attached hydrogens (tertiary/aromatic N) is 1. The Morgan fingerprint density at radius 2 is 1.75 bits per heavy atom. The van der Waals surface area contributed by atoms with Crippen LogP contribution in [-0.2, 0) is 13.0 Å². The number of carbonyl (C=O) groups excluding carboxylic acids is 1. The third kappa shape index (κ3) is 5.88. The number of aromatic amines is 1. The number of benzene rings is 3.